The Kier molecular flexibility index (Phi) is 3.62. The van der Waals surface area contributed by atoms with Gasteiger partial charge in [-0.1, -0.05) is 0 Å². The van der Waals surface area contributed by atoms with Gasteiger partial charge in [0.15, 0.2) is 0 Å². The zero-order chi connectivity index (χ0) is 15.0. The Labute approximate surface area is 111 Å². The topological polar surface area (TPSA) is 0 Å². The minimum absolute atomic E-state index is 0.117. The number of alkyl halides is 6. The number of halogens is 6. The van der Waals surface area contributed by atoms with Crippen molar-refractivity contribution in [3.05, 3.63) is 53.5 Å². The molecule has 20 heavy (non-hydrogen) atoms. The van der Waals surface area contributed by atoms with Gasteiger partial charge in [0.2, 0.25) is 0 Å². The molecule has 2 aromatic rings. The van der Waals surface area contributed by atoms with Gasteiger partial charge in [-0.25, -0.2) is 0 Å². The monoisotopic (exact) mass is 288 g/mol. The van der Waals surface area contributed by atoms with Gasteiger partial charge in [0, 0.05) is 0 Å². The summed E-state index contributed by atoms with van der Waals surface area (Å²) >= 11 is 0. The molecule has 0 saturated heterocycles. The molecule has 2 rings (SSSR count). The van der Waals surface area contributed by atoms with E-state index in [4.69, 9.17) is 0 Å². The molecule has 1 aromatic heterocycles. The average Bonchev–Trinajstić information content (AvgIpc) is 2.37. The molecule has 7 heteroatoms. The first-order chi connectivity index (χ1) is 9.18. The van der Waals surface area contributed by atoms with Crippen LogP contribution in [0.15, 0.2) is 42.4 Å². The molecule has 1 aromatic carbocycles. The average molecular weight is 288 g/mol. The van der Waals surface area contributed by atoms with Gasteiger partial charge in [-0.2, -0.15) is 0 Å². The molecule has 0 aliphatic heterocycles. The maximum absolute atomic E-state index is 12.7. The summed E-state index contributed by atoms with van der Waals surface area (Å²) in [5.41, 5.74) is -2.45. The summed E-state index contributed by atoms with van der Waals surface area (Å²) in [6.45, 7) is 1.45. The third kappa shape index (κ3) is 3.21. The Bertz CT molecular complexity index is 568. The van der Waals surface area contributed by atoms with Gasteiger partial charge < -0.3 is 0 Å². The molecule has 0 radical (unpaired) electrons. The zero-order valence-corrected chi connectivity index (χ0v) is 9.89. The van der Waals surface area contributed by atoms with Crippen molar-refractivity contribution in [3.63, 3.8) is 0 Å². The van der Waals surface area contributed by atoms with Crippen molar-refractivity contribution in [2.24, 2.45) is 0 Å². The van der Waals surface area contributed by atoms with Crippen LogP contribution < -0.4 is 0 Å². The fraction of sp³-hybridized carbons (Fsp3) is 0.154. The number of benzene rings is 1. The molecule has 0 aliphatic rings. The second-order valence-electron chi connectivity index (χ2n) is 4.16. The molecule has 1 heterocycles. The Morgan fingerprint density at radius 3 is 1.70 bits per heavy atom. The van der Waals surface area contributed by atoms with Crippen LogP contribution in [-0.2, 0) is 12.4 Å². The number of rotatable bonds is 1. The van der Waals surface area contributed by atoms with E-state index in [1.165, 1.54) is 13.0 Å². The summed E-state index contributed by atoms with van der Waals surface area (Å²) in [5.74, 6) is 1.54. The van der Waals surface area contributed by atoms with E-state index in [1.807, 2.05) is 0 Å². The molecule has 104 valence electrons. The Morgan fingerprint density at radius 1 is 0.750 bits per heavy atom. The van der Waals surface area contributed by atoms with Crippen LogP contribution >= 0.6 is 0 Å². The van der Waals surface area contributed by atoms with Crippen LogP contribution in [-0.4, -0.2) is 6.91 Å². The summed E-state index contributed by atoms with van der Waals surface area (Å²) < 4.78 is 76.1. The van der Waals surface area contributed by atoms with E-state index in [2.05, 4.69) is 0 Å². The quantitative estimate of drug-likeness (QED) is 0.665. The second kappa shape index (κ2) is 4.96. The van der Waals surface area contributed by atoms with Crippen LogP contribution in [0.25, 0.3) is 11.0 Å². The van der Waals surface area contributed by atoms with Crippen molar-refractivity contribution in [3.8, 4) is 11.0 Å². The van der Waals surface area contributed by atoms with Crippen LogP contribution in [0.2, 0.25) is 0 Å². The van der Waals surface area contributed by atoms with Crippen molar-refractivity contribution in [1.29, 1.82) is 0 Å². The molecule has 0 saturated carbocycles. The first-order valence-corrected chi connectivity index (χ1v) is 5.53. The van der Waals surface area contributed by atoms with E-state index in [0.29, 0.717) is 17.6 Å². The van der Waals surface area contributed by atoms with Gasteiger partial charge in [-0.15, -0.1) is 0 Å². The summed E-state index contributed by atoms with van der Waals surface area (Å²) in [6, 6.07) is 6.17. The fourth-order valence-electron chi connectivity index (χ4n) is 1.75. The molecule has 0 fully saturated rings. The van der Waals surface area contributed by atoms with Crippen LogP contribution in [0.5, 0.6) is 0 Å². The van der Waals surface area contributed by atoms with E-state index in [9.17, 15) is 26.3 Å². The molecule has 0 N–H and O–H groups in total. The maximum atomic E-state index is 12.7. The minimum atomic E-state index is -4.83. The van der Waals surface area contributed by atoms with Crippen LogP contribution in [0.3, 0.4) is 0 Å². The number of hydrogen-bond acceptors (Lipinski definition) is 0. The molecular formula is C13H7BF6. The van der Waals surface area contributed by atoms with E-state index in [-0.39, 0.29) is 11.6 Å². The van der Waals surface area contributed by atoms with Crippen LogP contribution in [0.4, 0.5) is 26.3 Å². The summed E-state index contributed by atoms with van der Waals surface area (Å²) in [5, 5.41) is 0. The molecule has 0 aliphatic carbocycles. The third-order valence-corrected chi connectivity index (χ3v) is 2.69. The second-order valence-corrected chi connectivity index (χ2v) is 4.16. The molecule has 0 bridgehead atoms. The van der Waals surface area contributed by atoms with Gasteiger partial charge in [0.1, 0.15) is 0 Å². The number of hydrogen-bond donors (Lipinski definition) is 0. The van der Waals surface area contributed by atoms with E-state index >= 15 is 0 Å². The van der Waals surface area contributed by atoms with Crippen molar-refractivity contribution in [2.45, 2.75) is 12.4 Å². The molecule has 0 amide bonds. The Balaban J connectivity index is 2.64. The van der Waals surface area contributed by atoms with Gasteiger partial charge in [-0.3, -0.25) is 0 Å². The van der Waals surface area contributed by atoms with Gasteiger partial charge in [0.05, 0.1) is 0 Å². The molecule has 0 atom stereocenters. The molecule has 0 nitrogen and oxygen atoms in total. The summed E-state index contributed by atoms with van der Waals surface area (Å²) in [6.07, 6.45) is -9.66. The Hall–Kier alpha value is -1.79. The zero-order valence-electron chi connectivity index (χ0n) is 9.89. The first kappa shape index (κ1) is 14.6. The van der Waals surface area contributed by atoms with E-state index in [1.54, 1.807) is 18.1 Å². The molecular weight excluding hydrogens is 281 g/mol. The van der Waals surface area contributed by atoms with Crippen molar-refractivity contribution in [1.82, 2.24) is 0 Å². The normalized spacial score (nSPS) is 12.3. The van der Waals surface area contributed by atoms with Gasteiger partial charge in [0.25, 0.3) is 0 Å². The fourth-order valence-corrected chi connectivity index (χ4v) is 1.75. The van der Waals surface area contributed by atoms with Crippen molar-refractivity contribution in [2.75, 3.05) is 0 Å². The summed E-state index contributed by atoms with van der Waals surface area (Å²) in [7, 11) is 0. The van der Waals surface area contributed by atoms with Crippen LogP contribution in [0, 0.1) is 0 Å². The standard InChI is InChI=1S/C13H7BF6/c15-12(16,17)9-5-8(11-3-1-2-4-14-11)6-10(7-9)13(18,19)20/h1-7H. The SMILES string of the molecule is FC(F)(F)c1cc(-c2bcccc2)cc(C(F)(F)F)c1. The predicted molar refractivity (Wildman–Crippen MR) is 63.2 cm³/mol. The van der Waals surface area contributed by atoms with Crippen molar-refractivity contribution >= 4 is 6.91 Å². The van der Waals surface area contributed by atoms with E-state index < -0.39 is 23.5 Å². The Morgan fingerprint density at radius 2 is 1.30 bits per heavy atom. The van der Waals surface area contributed by atoms with Crippen LogP contribution in [0.1, 0.15) is 11.1 Å². The molecule has 0 unspecified atom stereocenters. The molecule has 0 spiro atoms. The third-order valence-electron chi connectivity index (χ3n) is 2.69. The first-order valence-electron chi connectivity index (χ1n) is 5.53. The van der Waals surface area contributed by atoms with E-state index in [0.717, 1.165) is 0 Å². The van der Waals surface area contributed by atoms with Crippen molar-refractivity contribution < 1.29 is 26.3 Å². The summed E-state index contributed by atoms with van der Waals surface area (Å²) in [4.78, 5) is 0. The van der Waals surface area contributed by atoms with Gasteiger partial charge in [-0.05, 0) is 0 Å². The van der Waals surface area contributed by atoms with Gasteiger partial charge >= 0.3 is 110 Å². The predicted octanol–water partition coefficient (Wildman–Crippen LogP) is 4.73.